The lowest BCUT2D eigenvalue weighted by Crippen LogP contribution is -2.08. The van der Waals surface area contributed by atoms with E-state index in [9.17, 15) is 0 Å². The van der Waals surface area contributed by atoms with Crippen LogP contribution in [-0.2, 0) is 0 Å². The van der Waals surface area contributed by atoms with Crippen LogP contribution in [0.5, 0.6) is 0 Å². The number of unbranched alkanes of at least 4 members (excludes halogenated alkanes) is 1. The molecule has 15 heavy (non-hydrogen) atoms. The summed E-state index contributed by atoms with van der Waals surface area (Å²) in [6.07, 6.45) is 4.20. The van der Waals surface area contributed by atoms with Crippen molar-refractivity contribution < 1.29 is 0 Å². The van der Waals surface area contributed by atoms with Gasteiger partial charge in [0.15, 0.2) is 0 Å². The quantitative estimate of drug-likeness (QED) is 0.705. The van der Waals surface area contributed by atoms with E-state index in [0.29, 0.717) is 5.95 Å². The second-order valence-electron chi connectivity index (χ2n) is 3.54. The highest BCUT2D eigenvalue weighted by molar-refractivity contribution is 5.46. The molecule has 4 nitrogen and oxygen atoms in total. The van der Waals surface area contributed by atoms with Crippen LogP contribution in [0.25, 0.3) is 0 Å². The van der Waals surface area contributed by atoms with E-state index in [0.717, 1.165) is 24.5 Å². The molecule has 4 heteroatoms. The smallest absolute Gasteiger partial charge is 0.224 e. The maximum atomic E-state index is 4.40. The highest BCUT2D eigenvalue weighted by Crippen LogP contribution is 2.12. The molecule has 0 unspecified atom stereocenters. The molecule has 0 aromatic carbocycles. The van der Waals surface area contributed by atoms with Crippen molar-refractivity contribution in [1.29, 1.82) is 0 Å². The van der Waals surface area contributed by atoms with Gasteiger partial charge in [-0.2, -0.15) is 4.98 Å². The van der Waals surface area contributed by atoms with E-state index in [1.807, 2.05) is 20.0 Å². The van der Waals surface area contributed by atoms with E-state index in [2.05, 4.69) is 27.5 Å². The summed E-state index contributed by atoms with van der Waals surface area (Å²) in [4.78, 5) is 8.60. The Morgan fingerprint density at radius 1 is 1.27 bits per heavy atom. The molecule has 1 aromatic heterocycles. The van der Waals surface area contributed by atoms with Crippen molar-refractivity contribution in [3.8, 4) is 0 Å². The van der Waals surface area contributed by atoms with Crippen LogP contribution in [-0.4, -0.2) is 23.1 Å². The molecule has 0 aliphatic carbocycles. The highest BCUT2D eigenvalue weighted by Gasteiger charge is 2.01. The maximum Gasteiger partial charge on any atom is 0.224 e. The Bertz CT molecular complexity index is 299. The Morgan fingerprint density at radius 3 is 2.73 bits per heavy atom. The first-order valence-electron chi connectivity index (χ1n) is 5.59. The van der Waals surface area contributed by atoms with Gasteiger partial charge in [0.25, 0.3) is 0 Å². The maximum absolute atomic E-state index is 4.40. The Labute approximate surface area is 91.5 Å². The standard InChI is InChI=1S/C11H20N4/c1-4-6-7-13-10-9(3)8-14-11(15-10)12-5-2/h8H,4-7H2,1-3H3,(H2,12,13,14,15). The second kappa shape index (κ2) is 6.22. The molecule has 0 saturated carbocycles. The average Bonchev–Trinajstić information content (AvgIpc) is 2.23. The highest BCUT2D eigenvalue weighted by atomic mass is 15.1. The van der Waals surface area contributed by atoms with Crippen LogP contribution in [0.15, 0.2) is 6.20 Å². The molecule has 84 valence electrons. The first-order chi connectivity index (χ1) is 7.27. The van der Waals surface area contributed by atoms with Gasteiger partial charge in [0.1, 0.15) is 5.82 Å². The van der Waals surface area contributed by atoms with Gasteiger partial charge in [0.05, 0.1) is 0 Å². The molecular formula is C11H20N4. The normalized spacial score (nSPS) is 10.1. The fourth-order valence-corrected chi connectivity index (χ4v) is 1.25. The largest absolute Gasteiger partial charge is 0.370 e. The number of aromatic nitrogens is 2. The molecule has 0 aliphatic heterocycles. The number of rotatable bonds is 6. The third-order valence-corrected chi connectivity index (χ3v) is 2.13. The third-order valence-electron chi connectivity index (χ3n) is 2.13. The Morgan fingerprint density at radius 2 is 2.07 bits per heavy atom. The second-order valence-corrected chi connectivity index (χ2v) is 3.54. The van der Waals surface area contributed by atoms with Crippen LogP contribution < -0.4 is 10.6 Å². The van der Waals surface area contributed by atoms with E-state index in [4.69, 9.17) is 0 Å². The Balaban J connectivity index is 2.63. The van der Waals surface area contributed by atoms with Crippen LogP contribution in [0.2, 0.25) is 0 Å². The van der Waals surface area contributed by atoms with Crippen LogP contribution in [0.1, 0.15) is 32.3 Å². The summed E-state index contributed by atoms with van der Waals surface area (Å²) in [5, 5.41) is 6.42. The van der Waals surface area contributed by atoms with Crippen molar-refractivity contribution in [2.45, 2.75) is 33.6 Å². The summed E-state index contributed by atoms with van der Waals surface area (Å²) in [7, 11) is 0. The molecule has 1 rings (SSSR count). The van der Waals surface area contributed by atoms with E-state index in [-0.39, 0.29) is 0 Å². The lowest BCUT2D eigenvalue weighted by molar-refractivity contribution is 0.829. The fourth-order valence-electron chi connectivity index (χ4n) is 1.25. The first-order valence-corrected chi connectivity index (χ1v) is 5.59. The zero-order chi connectivity index (χ0) is 11.1. The van der Waals surface area contributed by atoms with Gasteiger partial charge in [0, 0.05) is 24.8 Å². The van der Waals surface area contributed by atoms with Crippen LogP contribution >= 0.6 is 0 Å². The van der Waals surface area contributed by atoms with Gasteiger partial charge in [-0.25, -0.2) is 4.98 Å². The minimum Gasteiger partial charge on any atom is -0.370 e. The van der Waals surface area contributed by atoms with Crippen molar-refractivity contribution in [3.05, 3.63) is 11.8 Å². The monoisotopic (exact) mass is 208 g/mol. The summed E-state index contributed by atoms with van der Waals surface area (Å²) in [6.45, 7) is 8.05. The van der Waals surface area contributed by atoms with E-state index >= 15 is 0 Å². The fraction of sp³-hybridized carbons (Fsp3) is 0.636. The molecule has 1 aromatic rings. The predicted octanol–water partition coefficient (Wildman–Crippen LogP) is 2.43. The third kappa shape index (κ3) is 3.73. The molecule has 0 fully saturated rings. The molecule has 0 spiro atoms. The van der Waals surface area contributed by atoms with Crippen LogP contribution in [0.4, 0.5) is 11.8 Å². The van der Waals surface area contributed by atoms with Gasteiger partial charge in [0.2, 0.25) is 5.95 Å². The number of aryl methyl sites for hydroxylation is 1. The first kappa shape index (κ1) is 11.8. The molecule has 0 radical (unpaired) electrons. The molecule has 0 amide bonds. The zero-order valence-corrected chi connectivity index (χ0v) is 9.80. The van der Waals surface area contributed by atoms with Gasteiger partial charge in [-0.3, -0.25) is 0 Å². The lowest BCUT2D eigenvalue weighted by Gasteiger charge is -2.09. The summed E-state index contributed by atoms with van der Waals surface area (Å²) >= 11 is 0. The summed E-state index contributed by atoms with van der Waals surface area (Å²) < 4.78 is 0. The SMILES string of the molecule is CCCCNc1nc(NCC)ncc1C. The Kier molecular flexibility index (Phi) is 4.87. The van der Waals surface area contributed by atoms with E-state index < -0.39 is 0 Å². The van der Waals surface area contributed by atoms with Crippen molar-refractivity contribution in [1.82, 2.24) is 9.97 Å². The number of anilines is 2. The van der Waals surface area contributed by atoms with Gasteiger partial charge in [-0.1, -0.05) is 13.3 Å². The molecule has 0 aliphatic rings. The number of nitrogens with zero attached hydrogens (tertiary/aromatic N) is 2. The lowest BCUT2D eigenvalue weighted by atomic mass is 10.3. The summed E-state index contributed by atoms with van der Waals surface area (Å²) in [5.41, 5.74) is 1.09. The minimum atomic E-state index is 0.696. The van der Waals surface area contributed by atoms with Crippen LogP contribution in [0, 0.1) is 6.92 Å². The van der Waals surface area contributed by atoms with Crippen molar-refractivity contribution >= 4 is 11.8 Å². The van der Waals surface area contributed by atoms with Gasteiger partial charge >= 0.3 is 0 Å². The number of hydrogen-bond acceptors (Lipinski definition) is 4. The van der Waals surface area contributed by atoms with Gasteiger partial charge in [-0.05, 0) is 20.3 Å². The van der Waals surface area contributed by atoms with Crippen LogP contribution in [0.3, 0.4) is 0 Å². The van der Waals surface area contributed by atoms with Crippen molar-refractivity contribution in [3.63, 3.8) is 0 Å². The topological polar surface area (TPSA) is 49.8 Å². The molecule has 1 heterocycles. The molecular weight excluding hydrogens is 188 g/mol. The molecule has 2 N–H and O–H groups in total. The molecule has 0 saturated heterocycles. The van der Waals surface area contributed by atoms with Gasteiger partial charge in [-0.15, -0.1) is 0 Å². The average molecular weight is 208 g/mol. The predicted molar refractivity (Wildman–Crippen MR) is 64.3 cm³/mol. The van der Waals surface area contributed by atoms with E-state index in [1.165, 1.54) is 12.8 Å². The molecule has 0 bridgehead atoms. The summed E-state index contributed by atoms with van der Waals surface area (Å²) in [5.74, 6) is 1.64. The minimum absolute atomic E-state index is 0.696. The number of nitrogens with one attached hydrogen (secondary N) is 2. The Hall–Kier alpha value is -1.32. The zero-order valence-electron chi connectivity index (χ0n) is 9.80. The summed E-state index contributed by atoms with van der Waals surface area (Å²) in [6, 6.07) is 0. The molecule has 0 atom stereocenters. The van der Waals surface area contributed by atoms with Crippen molar-refractivity contribution in [2.75, 3.05) is 23.7 Å². The van der Waals surface area contributed by atoms with E-state index in [1.54, 1.807) is 0 Å². The number of hydrogen-bond donors (Lipinski definition) is 2. The van der Waals surface area contributed by atoms with Crippen molar-refractivity contribution in [2.24, 2.45) is 0 Å². The van der Waals surface area contributed by atoms with Gasteiger partial charge < -0.3 is 10.6 Å².